The smallest absolute Gasteiger partial charge is 0.397 e. The van der Waals surface area contributed by atoms with Gasteiger partial charge in [0.15, 0.2) is 0 Å². The molecule has 0 atom stereocenters. The number of amides is 1. The molecule has 0 radical (unpaired) electrons. The fourth-order valence-electron chi connectivity index (χ4n) is 1.80. The minimum Gasteiger partial charge on any atom is -0.397 e. The molecule has 0 aromatic carbocycles. The first kappa shape index (κ1) is 15.4. The SMILES string of the molecule is CCn1cc(N)cc1C(=O)N(CC(F)(F)F)C(C)C. The fraction of sp³-hybridized carbons (Fsp3) is 0.583. The molecule has 4 nitrogen and oxygen atoms in total. The van der Waals surface area contributed by atoms with Crippen molar-refractivity contribution in [2.75, 3.05) is 12.3 Å². The van der Waals surface area contributed by atoms with E-state index in [0.29, 0.717) is 12.2 Å². The number of anilines is 1. The summed E-state index contributed by atoms with van der Waals surface area (Å²) in [6.07, 6.45) is -2.88. The average Bonchev–Trinajstić information content (AvgIpc) is 2.65. The molecule has 19 heavy (non-hydrogen) atoms. The Morgan fingerprint density at radius 3 is 2.47 bits per heavy atom. The maximum Gasteiger partial charge on any atom is 0.406 e. The van der Waals surface area contributed by atoms with Crippen LogP contribution in [0.25, 0.3) is 0 Å². The van der Waals surface area contributed by atoms with Crippen molar-refractivity contribution in [3.05, 3.63) is 18.0 Å². The first-order chi connectivity index (χ1) is 8.65. The Kier molecular flexibility index (Phi) is 4.49. The molecule has 0 aliphatic rings. The number of nitrogens with zero attached hydrogens (tertiary/aromatic N) is 2. The van der Waals surface area contributed by atoms with Gasteiger partial charge in [0, 0.05) is 18.8 Å². The van der Waals surface area contributed by atoms with Crippen LogP contribution in [0.5, 0.6) is 0 Å². The highest BCUT2D eigenvalue weighted by Gasteiger charge is 2.35. The molecule has 1 heterocycles. The molecular weight excluding hydrogens is 259 g/mol. The van der Waals surface area contributed by atoms with Crippen LogP contribution in [0.1, 0.15) is 31.3 Å². The van der Waals surface area contributed by atoms with Gasteiger partial charge in [-0.05, 0) is 26.8 Å². The lowest BCUT2D eigenvalue weighted by molar-refractivity contribution is -0.143. The third-order valence-corrected chi connectivity index (χ3v) is 2.71. The Hall–Kier alpha value is -1.66. The minimum absolute atomic E-state index is 0.179. The number of hydrogen-bond donors (Lipinski definition) is 1. The van der Waals surface area contributed by atoms with Crippen LogP contribution in [-0.2, 0) is 6.54 Å². The van der Waals surface area contributed by atoms with E-state index in [-0.39, 0.29) is 5.69 Å². The van der Waals surface area contributed by atoms with Crippen molar-refractivity contribution in [2.24, 2.45) is 0 Å². The summed E-state index contributed by atoms with van der Waals surface area (Å²) in [6.45, 7) is 4.09. The Morgan fingerprint density at radius 2 is 2.05 bits per heavy atom. The molecule has 1 rings (SSSR count). The lowest BCUT2D eigenvalue weighted by atomic mass is 10.2. The second-order valence-electron chi connectivity index (χ2n) is 4.59. The topological polar surface area (TPSA) is 51.3 Å². The van der Waals surface area contributed by atoms with Crippen LogP contribution >= 0.6 is 0 Å². The van der Waals surface area contributed by atoms with Crippen LogP contribution in [0.4, 0.5) is 18.9 Å². The third kappa shape index (κ3) is 3.90. The van der Waals surface area contributed by atoms with Crippen molar-refractivity contribution in [2.45, 2.75) is 39.5 Å². The van der Waals surface area contributed by atoms with Crippen molar-refractivity contribution in [1.29, 1.82) is 0 Å². The minimum atomic E-state index is -4.42. The molecule has 0 aliphatic carbocycles. The van der Waals surface area contributed by atoms with E-state index in [4.69, 9.17) is 5.73 Å². The largest absolute Gasteiger partial charge is 0.406 e. The average molecular weight is 277 g/mol. The number of nitrogens with two attached hydrogens (primary N) is 1. The zero-order valence-corrected chi connectivity index (χ0v) is 11.2. The van der Waals surface area contributed by atoms with Gasteiger partial charge in [-0.3, -0.25) is 4.79 Å². The molecule has 1 amide bonds. The number of rotatable bonds is 4. The van der Waals surface area contributed by atoms with E-state index in [2.05, 4.69) is 0 Å². The normalized spacial score (nSPS) is 11.9. The molecule has 0 fully saturated rings. The first-order valence-electron chi connectivity index (χ1n) is 5.99. The van der Waals surface area contributed by atoms with Crippen LogP contribution < -0.4 is 5.73 Å². The van der Waals surface area contributed by atoms with E-state index in [1.165, 1.54) is 6.07 Å². The van der Waals surface area contributed by atoms with Gasteiger partial charge in [-0.1, -0.05) is 0 Å². The zero-order chi connectivity index (χ0) is 14.8. The predicted octanol–water partition coefficient (Wildman–Crippen LogP) is 2.50. The van der Waals surface area contributed by atoms with E-state index in [1.54, 1.807) is 31.5 Å². The molecule has 2 N–H and O–H groups in total. The maximum absolute atomic E-state index is 12.5. The summed E-state index contributed by atoms with van der Waals surface area (Å²) in [5, 5.41) is 0. The Morgan fingerprint density at radius 1 is 1.47 bits per heavy atom. The lowest BCUT2D eigenvalue weighted by Gasteiger charge is -2.28. The lowest BCUT2D eigenvalue weighted by Crippen LogP contribution is -2.43. The van der Waals surface area contributed by atoms with Gasteiger partial charge in [-0.15, -0.1) is 0 Å². The maximum atomic E-state index is 12.5. The fourth-order valence-corrected chi connectivity index (χ4v) is 1.80. The molecule has 0 saturated carbocycles. The van der Waals surface area contributed by atoms with E-state index in [0.717, 1.165) is 4.90 Å². The molecule has 7 heteroatoms. The Balaban J connectivity index is 3.06. The molecule has 1 aromatic heterocycles. The van der Waals surface area contributed by atoms with Gasteiger partial charge in [-0.25, -0.2) is 0 Å². The van der Waals surface area contributed by atoms with Crippen molar-refractivity contribution in [3.8, 4) is 0 Å². The van der Waals surface area contributed by atoms with Gasteiger partial charge in [0.1, 0.15) is 12.2 Å². The number of aryl methyl sites for hydroxylation is 1. The highest BCUT2D eigenvalue weighted by atomic mass is 19.4. The molecule has 0 unspecified atom stereocenters. The van der Waals surface area contributed by atoms with Gasteiger partial charge in [0.2, 0.25) is 0 Å². The van der Waals surface area contributed by atoms with Crippen molar-refractivity contribution >= 4 is 11.6 Å². The number of carbonyl (C=O) groups is 1. The summed E-state index contributed by atoms with van der Waals surface area (Å²) in [7, 11) is 0. The molecule has 108 valence electrons. The van der Waals surface area contributed by atoms with Gasteiger partial charge < -0.3 is 15.2 Å². The monoisotopic (exact) mass is 277 g/mol. The van der Waals surface area contributed by atoms with Crippen molar-refractivity contribution in [3.63, 3.8) is 0 Å². The predicted molar refractivity (Wildman–Crippen MR) is 66.7 cm³/mol. The van der Waals surface area contributed by atoms with Crippen LogP contribution in [0.2, 0.25) is 0 Å². The number of hydrogen-bond acceptors (Lipinski definition) is 2. The third-order valence-electron chi connectivity index (χ3n) is 2.71. The number of carbonyl (C=O) groups excluding carboxylic acids is 1. The number of nitrogen functional groups attached to an aromatic ring is 1. The van der Waals surface area contributed by atoms with Crippen LogP contribution in [0.15, 0.2) is 12.3 Å². The second-order valence-corrected chi connectivity index (χ2v) is 4.59. The van der Waals surface area contributed by atoms with E-state index in [1.807, 2.05) is 0 Å². The van der Waals surface area contributed by atoms with Crippen molar-refractivity contribution in [1.82, 2.24) is 9.47 Å². The van der Waals surface area contributed by atoms with E-state index in [9.17, 15) is 18.0 Å². The number of aromatic nitrogens is 1. The summed E-state index contributed by atoms with van der Waals surface area (Å²) in [4.78, 5) is 13.0. The Labute approximate surface area is 110 Å². The highest BCUT2D eigenvalue weighted by molar-refractivity contribution is 5.94. The van der Waals surface area contributed by atoms with E-state index >= 15 is 0 Å². The summed E-state index contributed by atoms with van der Waals surface area (Å²) in [6, 6.07) is 0.855. The number of halogens is 3. The zero-order valence-electron chi connectivity index (χ0n) is 11.2. The molecule has 0 saturated heterocycles. The Bertz CT molecular complexity index is 452. The summed E-state index contributed by atoms with van der Waals surface area (Å²) in [5.41, 5.74) is 6.12. The van der Waals surface area contributed by atoms with Gasteiger partial charge in [-0.2, -0.15) is 13.2 Å². The number of alkyl halides is 3. The molecule has 0 spiro atoms. The van der Waals surface area contributed by atoms with Crippen LogP contribution in [-0.4, -0.2) is 34.1 Å². The first-order valence-corrected chi connectivity index (χ1v) is 5.99. The van der Waals surface area contributed by atoms with Crippen LogP contribution in [0.3, 0.4) is 0 Å². The van der Waals surface area contributed by atoms with Gasteiger partial charge in [0.05, 0.1) is 5.69 Å². The van der Waals surface area contributed by atoms with Crippen LogP contribution in [0, 0.1) is 0 Å². The standard InChI is InChI=1S/C12H18F3N3O/c1-4-17-6-9(16)5-10(17)11(19)18(8(2)3)7-12(13,14)15/h5-6,8H,4,7,16H2,1-3H3. The quantitative estimate of drug-likeness (QED) is 0.919. The van der Waals surface area contributed by atoms with Gasteiger partial charge in [0.25, 0.3) is 5.91 Å². The summed E-state index contributed by atoms with van der Waals surface area (Å²) >= 11 is 0. The summed E-state index contributed by atoms with van der Waals surface area (Å²) in [5.74, 6) is -0.661. The summed E-state index contributed by atoms with van der Waals surface area (Å²) < 4.78 is 39.1. The molecule has 1 aromatic rings. The highest BCUT2D eigenvalue weighted by Crippen LogP contribution is 2.21. The molecular formula is C12H18F3N3O. The molecule has 0 bridgehead atoms. The van der Waals surface area contributed by atoms with E-state index < -0.39 is 24.7 Å². The van der Waals surface area contributed by atoms with Gasteiger partial charge >= 0.3 is 6.18 Å². The van der Waals surface area contributed by atoms with Crippen molar-refractivity contribution < 1.29 is 18.0 Å². The molecule has 0 aliphatic heterocycles. The second kappa shape index (κ2) is 5.54.